The van der Waals surface area contributed by atoms with Crippen molar-refractivity contribution in [2.24, 2.45) is 0 Å². The van der Waals surface area contributed by atoms with E-state index < -0.39 is 22.6 Å². The van der Waals surface area contributed by atoms with E-state index in [0.717, 1.165) is 30.8 Å². The second kappa shape index (κ2) is 10.6. The molecule has 1 aromatic carbocycles. The molecule has 2 aromatic rings. The van der Waals surface area contributed by atoms with Crippen LogP contribution in [0.5, 0.6) is 0 Å². The first-order valence-corrected chi connectivity index (χ1v) is 13.3. The number of sulfonamides is 1. The second-order valence-electron chi connectivity index (χ2n) is 9.02. The van der Waals surface area contributed by atoms with Gasteiger partial charge in [0.15, 0.2) is 6.61 Å². The van der Waals surface area contributed by atoms with E-state index in [9.17, 15) is 18.0 Å². The van der Waals surface area contributed by atoms with E-state index in [4.69, 9.17) is 14.2 Å². The van der Waals surface area contributed by atoms with Gasteiger partial charge in [-0.15, -0.1) is 0 Å². The zero-order valence-electron chi connectivity index (χ0n) is 20.4. The molecule has 0 spiro atoms. The summed E-state index contributed by atoms with van der Waals surface area (Å²) in [5, 5.41) is 0. The number of carbonyl (C=O) groups is 2. The first kappa shape index (κ1) is 25.6. The molecule has 0 N–H and O–H groups in total. The molecule has 0 saturated carbocycles. The van der Waals surface area contributed by atoms with Gasteiger partial charge < -0.3 is 18.8 Å². The fourth-order valence-electron chi connectivity index (χ4n) is 4.56. The maximum absolute atomic E-state index is 13.0. The van der Waals surface area contributed by atoms with Gasteiger partial charge in [-0.25, -0.2) is 13.2 Å². The average molecular weight is 505 g/mol. The van der Waals surface area contributed by atoms with Crippen molar-refractivity contribution < 1.29 is 32.2 Å². The van der Waals surface area contributed by atoms with Crippen LogP contribution in [-0.2, 0) is 30.8 Å². The van der Waals surface area contributed by atoms with Gasteiger partial charge >= 0.3 is 5.97 Å². The molecule has 35 heavy (non-hydrogen) atoms. The molecule has 1 atom stereocenters. The topological polar surface area (TPSA) is 104 Å². The van der Waals surface area contributed by atoms with Crippen LogP contribution >= 0.6 is 0 Å². The van der Waals surface area contributed by atoms with Gasteiger partial charge in [-0.1, -0.05) is 6.07 Å². The molecule has 10 heteroatoms. The molecule has 190 valence electrons. The van der Waals surface area contributed by atoms with Crippen LogP contribution in [0.15, 0.2) is 29.2 Å². The van der Waals surface area contributed by atoms with Crippen molar-refractivity contribution in [3.8, 4) is 0 Å². The Bertz CT molecular complexity index is 1210. The van der Waals surface area contributed by atoms with Crippen LogP contribution in [-0.4, -0.2) is 74.7 Å². The minimum Gasteiger partial charge on any atom is -0.454 e. The summed E-state index contributed by atoms with van der Waals surface area (Å²) in [5.41, 5.74) is 2.96. The van der Waals surface area contributed by atoms with Crippen LogP contribution in [0, 0.1) is 20.8 Å². The molecule has 4 rings (SSSR count). The second-order valence-corrected chi connectivity index (χ2v) is 11.0. The van der Waals surface area contributed by atoms with Gasteiger partial charge in [-0.2, -0.15) is 4.31 Å². The summed E-state index contributed by atoms with van der Waals surface area (Å²) < 4.78 is 45.6. The average Bonchev–Trinajstić information content (AvgIpc) is 3.47. The smallest absolute Gasteiger partial charge is 0.338 e. The molecule has 0 bridgehead atoms. The number of benzene rings is 1. The molecule has 2 fully saturated rings. The highest BCUT2D eigenvalue weighted by atomic mass is 32.2. The van der Waals surface area contributed by atoms with Crippen LogP contribution in [0.2, 0.25) is 0 Å². The summed E-state index contributed by atoms with van der Waals surface area (Å²) >= 11 is 0. The Kier molecular flexibility index (Phi) is 7.75. The third-order valence-corrected chi connectivity index (χ3v) is 8.55. The predicted octanol–water partition coefficient (Wildman–Crippen LogP) is 2.65. The van der Waals surface area contributed by atoms with Gasteiger partial charge in [-0.05, 0) is 57.4 Å². The Morgan fingerprint density at radius 3 is 2.49 bits per heavy atom. The van der Waals surface area contributed by atoms with E-state index >= 15 is 0 Å². The van der Waals surface area contributed by atoms with Gasteiger partial charge in [0.25, 0.3) is 0 Å². The Hall–Kier alpha value is -2.53. The van der Waals surface area contributed by atoms with Crippen molar-refractivity contribution in [1.82, 2.24) is 8.87 Å². The Balaban J connectivity index is 1.45. The Morgan fingerprint density at radius 1 is 1.06 bits per heavy atom. The number of nitrogens with zero attached hydrogens (tertiary/aromatic N) is 2. The van der Waals surface area contributed by atoms with Gasteiger partial charge in [0.1, 0.15) is 0 Å². The summed E-state index contributed by atoms with van der Waals surface area (Å²) in [5.74, 6) is -1.04. The lowest BCUT2D eigenvalue weighted by atomic mass is 10.1. The van der Waals surface area contributed by atoms with E-state index in [1.165, 1.54) is 16.4 Å². The molecule has 1 aromatic heterocycles. The summed E-state index contributed by atoms with van der Waals surface area (Å²) in [6.45, 7) is 7.72. The van der Waals surface area contributed by atoms with Crippen LogP contribution in [0.3, 0.4) is 0 Å². The van der Waals surface area contributed by atoms with Gasteiger partial charge in [0, 0.05) is 43.2 Å². The number of ketones is 1. The zero-order chi connectivity index (χ0) is 25.2. The maximum atomic E-state index is 13.0. The van der Waals surface area contributed by atoms with Crippen LogP contribution < -0.4 is 0 Å². The number of ether oxygens (including phenoxy) is 3. The lowest BCUT2D eigenvalue weighted by molar-refractivity contribution is 0.0473. The van der Waals surface area contributed by atoms with Crippen LogP contribution in [0.4, 0.5) is 0 Å². The first-order valence-electron chi connectivity index (χ1n) is 11.9. The molecular formula is C25H32N2O7S. The van der Waals surface area contributed by atoms with Crippen LogP contribution in [0.1, 0.15) is 50.5 Å². The van der Waals surface area contributed by atoms with Crippen molar-refractivity contribution in [2.45, 2.75) is 51.2 Å². The largest absolute Gasteiger partial charge is 0.454 e. The molecule has 2 aliphatic heterocycles. The van der Waals surface area contributed by atoms with E-state index in [0.29, 0.717) is 30.9 Å². The van der Waals surface area contributed by atoms with E-state index in [-0.39, 0.29) is 35.4 Å². The van der Waals surface area contributed by atoms with Crippen molar-refractivity contribution in [3.05, 3.63) is 52.3 Å². The number of carbonyl (C=O) groups excluding carboxylic acids is 2. The Morgan fingerprint density at radius 2 is 1.80 bits per heavy atom. The molecule has 3 heterocycles. The quantitative estimate of drug-likeness (QED) is 0.402. The number of aromatic nitrogens is 1. The fraction of sp³-hybridized carbons (Fsp3) is 0.520. The Labute approximate surface area is 206 Å². The van der Waals surface area contributed by atoms with Crippen molar-refractivity contribution in [3.63, 3.8) is 0 Å². The van der Waals surface area contributed by atoms with E-state index in [2.05, 4.69) is 4.57 Å². The van der Waals surface area contributed by atoms with Gasteiger partial charge in [0.2, 0.25) is 15.8 Å². The van der Waals surface area contributed by atoms with Crippen LogP contribution in [0.25, 0.3) is 0 Å². The third kappa shape index (κ3) is 5.50. The van der Waals surface area contributed by atoms with Crippen molar-refractivity contribution in [2.75, 3.05) is 39.5 Å². The molecule has 2 saturated heterocycles. The van der Waals surface area contributed by atoms with E-state index in [1.54, 1.807) is 19.1 Å². The van der Waals surface area contributed by atoms with Gasteiger partial charge in [0.05, 0.1) is 29.8 Å². The number of hydrogen-bond donors (Lipinski definition) is 0. The maximum Gasteiger partial charge on any atom is 0.338 e. The van der Waals surface area contributed by atoms with E-state index in [1.807, 2.05) is 13.8 Å². The highest BCUT2D eigenvalue weighted by Gasteiger charge is 2.28. The molecule has 2 aliphatic rings. The zero-order valence-corrected chi connectivity index (χ0v) is 21.2. The SMILES string of the molecule is Cc1ccc(S(=O)(=O)N2CCOCC2)cc1C(=O)OCC(=O)c1cc(C)n(C[C@@H]2CCCO2)c1C. The lowest BCUT2D eigenvalue weighted by Crippen LogP contribution is -2.40. The summed E-state index contributed by atoms with van der Waals surface area (Å²) in [4.78, 5) is 25.7. The standard InChI is InChI=1S/C25H32N2O7S/c1-17-6-7-21(35(30,31)26-8-11-32-12-9-26)14-22(17)25(29)34-16-24(28)23-13-18(2)27(19(23)3)15-20-5-4-10-33-20/h6-7,13-14,20H,4-5,8-12,15-16H2,1-3H3/t20-/m0/s1. The lowest BCUT2D eigenvalue weighted by Gasteiger charge is -2.26. The summed E-state index contributed by atoms with van der Waals surface area (Å²) in [6, 6.07) is 6.18. The number of rotatable bonds is 8. The monoisotopic (exact) mass is 504 g/mol. The molecule has 9 nitrogen and oxygen atoms in total. The highest BCUT2D eigenvalue weighted by Crippen LogP contribution is 2.23. The molecule has 0 radical (unpaired) electrons. The van der Waals surface area contributed by atoms with Gasteiger partial charge in [-0.3, -0.25) is 4.79 Å². The summed E-state index contributed by atoms with van der Waals surface area (Å²) in [7, 11) is -3.76. The summed E-state index contributed by atoms with van der Waals surface area (Å²) in [6.07, 6.45) is 2.18. The third-order valence-electron chi connectivity index (χ3n) is 6.66. The minimum absolute atomic E-state index is 0.0148. The minimum atomic E-state index is -3.76. The highest BCUT2D eigenvalue weighted by molar-refractivity contribution is 7.89. The van der Waals surface area contributed by atoms with Crippen molar-refractivity contribution >= 4 is 21.8 Å². The number of aryl methyl sites for hydroxylation is 2. The number of Topliss-reactive ketones (excluding diaryl/α,β-unsaturated/α-hetero) is 1. The number of hydrogen-bond acceptors (Lipinski definition) is 7. The predicted molar refractivity (Wildman–Crippen MR) is 128 cm³/mol. The molecular weight excluding hydrogens is 472 g/mol. The molecule has 0 aliphatic carbocycles. The van der Waals surface area contributed by atoms with Crippen molar-refractivity contribution in [1.29, 1.82) is 0 Å². The first-order chi connectivity index (χ1) is 16.7. The molecule has 0 amide bonds. The molecule has 0 unspecified atom stereocenters. The number of esters is 1. The number of morpholine rings is 1. The fourth-order valence-corrected chi connectivity index (χ4v) is 6.00. The normalized spacial score (nSPS) is 19.1.